The molecule has 2 aromatic carbocycles. The molecule has 8 heteroatoms. The van der Waals surface area contributed by atoms with Crippen molar-refractivity contribution in [1.29, 1.82) is 0 Å². The first kappa shape index (κ1) is 21.6. The van der Waals surface area contributed by atoms with Crippen LogP contribution in [0.1, 0.15) is 32.0 Å². The third-order valence-corrected chi connectivity index (χ3v) is 6.86. The van der Waals surface area contributed by atoms with Gasteiger partial charge in [0.25, 0.3) is 5.56 Å². The maximum Gasteiger partial charge on any atom is 0.269 e. The van der Waals surface area contributed by atoms with E-state index in [1.54, 1.807) is 4.57 Å². The minimum atomic E-state index is -0.549. The number of fused-ring (bicyclic) bond motifs is 1. The fourth-order valence-electron chi connectivity index (χ4n) is 3.01. The summed E-state index contributed by atoms with van der Waals surface area (Å²) >= 11 is 8.52. The van der Waals surface area contributed by atoms with Gasteiger partial charge >= 0.3 is 0 Å². The number of hydrogen-bond acceptors (Lipinski definition) is 6. The van der Waals surface area contributed by atoms with Crippen LogP contribution in [0.5, 0.6) is 0 Å². The van der Waals surface area contributed by atoms with Crippen molar-refractivity contribution in [3.8, 4) is 0 Å². The van der Waals surface area contributed by atoms with Crippen LogP contribution in [0.15, 0.2) is 47.3 Å². The van der Waals surface area contributed by atoms with Gasteiger partial charge in [0.15, 0.2) is 5.78 Å². The number of benzene rings is 2. The van der Waals surface area contributed by atoms with E-state index in [1.165, 1.54) is 17.4 Å². The average Bonchev–Trinajstić information content (AvgIpc) is 3.25. The van der Waals surface area contributed by atoms with Crippen molar-refractivity contribution in [3.63, 3.8) is 0 Å². The van der Waals surface area contributed by atoms with Crippen LogP contribution in [-0.4, -0.2) is 19.9 Å². The van der Waals surface area contributed by atoms with Crippen molar-refractivity contribution in [3.05, 3.63) is 77.6 Å². The van der Waals surface area contributed by atoms with Crippen LogP contribution in [0.3, 0.4) is 0 Å². The molecule has 0 bridgehead atoms. The number of carbonyl (C=O) groups is 1. The summed E-state index contributed by atoms with van der Waals surface area (Å²) in [5.74, 6) is -0.0535. The molecule has 0 radical (unpaired) electrons. The molecule has 0 N–H and O–H groups in total. The van der Waals surface area contributed by atoms with Crippen molar-refractivity contribution >= 4 is 63.2 Å². The minimum absolute atomic E-state index is 0.0535. The van der Waals surface area contributed by atoms with Crippen LogP contribution in [-0.2, 0) is 11.3 Å². The van der Waals surface area contributed by atoms with E-state index in [0.29, 0.717) is 19.2 Å². The van der Waals surface area contributed by atoms with Crippen LogP contribution in [0.4, 0.5) is 0 Å². The highest BCUT2D eigenvalue weighted by Gasteiger charge is 2.20. The molecule has 0 saturated carbocycles. The number of halogens is 1. The number of thiazole rings is 1. The van der Waals surface area contributed by atoms with Gasteiger partial charge in [-0.15, -0.1) is 16.4 Å². The van der Waals surface area contributed by atoms with Gasteiger partial charge in [0.05, 0.1) is 11.1 Å². The fourth-order valence-corrected chi connectivity index (χ4v) is 4.66. The molecule has 158 valence electrons. The van der Waals surface area contributed by atoms with Crippen molar-refractivity contribution in [2.45, 2.75) is 27.3 Å². The lowest BCUT2D eigenvalue weighted by Crippen LogP contribution is -2.33. The third kappa shape index (κ3) is 4.69. The molecule has 0 atom stereocenters. The Morgan fingerprint density at radius 1 is 1.16 bits per heavy atom. The number of nitrogens with zero attached hydrogens (tertiary/aromatic N) is 3. The number of rotatable bonds is 4. The molecule has 0 aliphatic carbocycles. The van der Waals surface area contributed by atoms with Gasteiger partial charge in [0.2, 0.25) is 0 Å². The second-order valence-corrected chi connectivity index (χ2v) is 10.6. The van der Waals surface area contributed by atoms with Crippen molar-refractivity contribution in [2.24, 2.45) is 5.41 Å². The number of Topliss-reactive ketones (excluding diaryl/α,β-unsaturated/α-hetero) is 1. The molecule has 4 aromatic rings. The molecule has 0 aliphatic heterocycles. The number of hydrogen-bond donors (Lipinski definition) is 0. The van der Waals surface area contributed by atoms with Crippen LogP contribution >= 0.6 is 34.5 Å². The zero-order chi connectivity index (χ0) is 22.2. The normalized spacial score (nSPS) is 13.3. The smallest absolute Gasteiger partial charge is 0.269 e. The van der Waals surface area contributed by atoms with E-state index in [4.69, 9.17) is 11.6 Å². The minimum Gasteiger partial charge on any atom is -0.294 e. The summed E-state index contributed by atoms with van der Waals surface area (Å²) in [6.45, 7) is 5.72. The maximum atomic E-state index is 13.2. The predicted molar refractivity (Wildman–Crippen MR) is 128 cm³/mol. The lowest BCUT2D eigenvalue weighted by molar-refractivity contribution is -0.120. The molecule has 31 heavy (non-hydrogen) atoms. The first-order valence-electron chi connectivity index (χ1n) is 9.65. The predicted octanol–water partition coefficient (Wildman–Crippen LogP) is 3.84. The quantitative estimate of drug-likeness (QED) is 0.455. The highest BCUT2D eigenvalue weighted by atomic mass is 35.5. The molecule has 0 fully saturated rings. The van der Waals surface area contributed by atoms with Gasteiger partial charge in [-0.1, -0.05) is 73.3 Å². The summed E-state index contributed by atoms with van der Waals surface area (Å²) in [5, 5.41) is 6.26. The molecular weight excluding hydrogens is 450 g/mol. The first-order valence-corrected chi connectivity index (χ1v) is 11.6. The summed E-state index contributed by atoms with van der Waals surface area (Å²) in [4.78, 5) is 25.9. The van der Waals surface area contributed by atoms with Gasteiger partial charge in [0.1, 0.15) is 14.7 Å². The third-order valence-electron chi connectivity index (χ3n) is 4.82. The van der Waals surface area contributed by atoms with Gasteiger partial charge in [0, 0.05) is 23.0 Å². The Morgan fingerprint density at radius 3 is 2.58 bits per heavy atom. The molecule has 0 aliphatic rings. The molecule has 0 unspecified atom stereocenters. The zero-order valence-corrected chi connectivity index (χ0v) is 19.6. The Balaban J connectivity index is 1.88. The Bertz CT molecular complexity index is 1460. The molecule has 2 aromatic heterocycles. The summed E-state index contributed by atoms with van der Waals surface area (Å²) in [5.41, 5.74) is 0.704. The summed E-state index contributed by atoms with van der Waals surface area (Å²) < 4.78 is 6.94. The van der Waals surface area contributed by atoms with Crippen LogP contribution in [0.25, 0.3) is 22.9 Å². The van der Waals surface area contributed by atoms with Gasteiger partial charge in [-0.05, 0) is 28.5 Å². The van der Waals surface area contributed by atoms with E-state index < -0.39 is 5.41 Å². The van der Waals surface area contributed by atoms with Crippen molar-refractivity contribution in [2.75, 3.05) is 0 Å². The lowest BCUT2D eigenvalue weighted by Gasteiger charge is -2.12. The highest BCUT2D eigenvalue weighted by molar-refractivity contribution is 7.10. The first-order chi connectivity index (χ1) is 14.7. The number of ketones is 1. The average molecular weight is 470 g/mol. The van der Waals surface area contributed by atoms with Crippen molar-refractivity contribution in [1.82, 2.24) is 14.2 Å². The summed E-state index contributed by atoms with van der Waals surface area (Å²) in [7, 11) is 0. The molecule has 2 heterocycles. The largest absolute Gasteiger partial charge is 0.294 e. The van der Waals surface area contributed by atoms with Gasteiger partial charge in [-0.3, -0.25) is 14.2 Å². The Labute approximate surface area is 192 Å². The second kappa shape index (κ2) is 8.49. The zero-order valence-electron chi connectivity index (χ0n) is 17.3. The second-order valence-electron chi connectivity index (χ2n) is 8.20. The van der Waals surface area contributed by atoms with Gasteiger partial charge in [-0.2, -0.15) is 0 Å². The number of carbonyl (C=O) groups excluding carboxylic acids is 1. The molecule has 0 amide bonds. The number of aromatic nitrogens is 3. The standard InChI is InChI=1S/C23H20ClN3O2S2/c1-23(2,3)19(28)12-20-27(13-17-21(24)31-26-25-17)22(29)18(30-20)11-14-8-9-15-6-4-5-7-16(15)10-14/h4-12H,13H2,1-3H3/b18-11+,20-12-. The Morgan fingerprint density at radius 2 is 1.90 bits per heavy atom. The fraction of sp³-hybridized carbons (Fsp3) is 0.217. The van der Waals surface area contributed by atoms with Gasteiger partial charge < -0.3 is 0 Å². The monoisotopic (exact) mass is 469 g/mol. The molecule has 0 saturated heterocycles. The molecular formula is C23H20ClN3O2S2. The lowest BCUT2D eigenvalue weighted by atomic mass is 9.91. The van der Waals surface area contributed by atoms with Gasteiger partial charge in [-0.25, -0.2) is 0 Å². The van der Waals surface area contributed by atoms with E-state index in [0.717, 1.165) is 27.9 Å². The topological polar surface area (TPSA) is 64.8 Å². The van der Waals surface area contributed by atoms with Crippen molar-refractivity contribution < 1.29 is 4.79 Å². The van der Waals surface area contributed by atoms with Crippen LogP contribution in [0, 0.1) is 5.41 Å². The summed E-state index contributed by atoms with van der Waals surface area (Å²) in [6, 6.07) is 14.1. The molecule has 5 nitrogen and oxygen atoms in total. The Hall–Kier alpha value is -2.61. The SMILES string of the molecule is CC(C)(C)C(=O)/C=c1\s/c(=C/c2ccc3ccccc3c2)c(=O)n1Cc1nnsc1Cl. The van der Waals surface area contributed by atoms with E-state index in [9.17, 15) is 9.59 Å². The van der Waals surface area contributed by atoms with E-state index in [-0.39, 0.29) is 17.9 Å². The van der Waals surface area contributed by atoms with Crippen LogP contribution < -0.4 is 14.8 Å². The van der Waals surface area contributed by atoms with E-state index in [2.05, 4.69) is 9.59 Å². The van der Waals surface area contributed by atoms with E-state index >= 15 is 0 Å². The van der Waals surface area contributed by atoms with Crippen LogP contribution in [0.2, 0.25) is 4.34 Å². The highest BCUT2D eigenvalue weighted by Crippen LogP contribution is 2.18. The Kier molecular flexibility index (Phi) is 5.92. The molecule has 0 spiro atoms. The van der Waals surface area contributed by atoms with E-state index in [1.807, 2.05) is 69.3 Å². The maximum absolute atomic E-state index is 13.2. The molecule has 4 rings (SSSR count). The summed E-state index contributed by atoms with van der Waals surface area (Å²) in [6.07, 6.45) is 3.40.